The summed E-state index contributed by atoms with van der Waals surface area (Å²) in [6.45, 7) is 1.75. The molecule has 17 heavy (non-hydrogen) atoms. The molecule has 0 bridgehead atoms. The average Bonchev–Trinajstić information content (AvgIpc) is 3.03. The number of nitriles is 1. The standard InChI is InChI=1S/C10H11ClN2O2S2/c1-6-4-9(16-10(6)11)17(14,15)13-8(5-12)7-2-3-7/h4,7-8,13H,2-3H2,1H3. The minimum absolute atomic E-state index is 0.159. The van der Waals surface area contributed by atoms with Gasteiger partial charge in [-0.3, -0.25) is 0 Å². The van der Waals surface area contributed by atoms with E-state index < -0.39 is 16.1 Å². The first kappa shape index (κ1) is 12.8. The molecule has 1 aliphatic carbocycles. The molecule has 0 spiro atoms. The molecule has 1 atom stereocenters. The predicted octanol–water partition coefficient (Wildman–Crippen LogP) is 2.29. The Balaban J connectivity index is 2.21. The topological polar surface area (TPSA) is 70.0 Å². The summed E-state index contributed by atoms with van der Waals surface area (Å²) in [6, 6.07) is 2.89. The van der Waals surface area contributed by atoms with Crippen molar-refractivity contribution in [1.82, 2.24) is 4.72 Å². The quantitative estimate of drug-likeness (QED) is 0.925. The number of nitrogens with zero attached hydrogens (tertiary/aromatic N) is 1. The molecule has 1 unspecified atom stereocenters. The molecule has 7 heteroatoms. The lowest BCUT2D eigenvalue weighted by Gasteiger charge is -2.09. The SMILES string of the molecule is Cc1cc(S(=O)(=O)NC(C#N)C2CC2)sc1Cl. The highest BCUT2D eigenvalue weighted by Crippen LogP contribution is 2.34. The third-order valence-corrected chi connectivity index (χ3v) is 6.08. The number of halogens is 1. The summed E-state index contributed by atoms with van der Waals surface area (Å²) in [4.78, 5) is 0. The number of aryl methyl sites for hydroxylation is 1. The number of hydrogen-bond donors (Lipinski definition) is 1. The highest BCUT2D eigenvalue weighted by molar-refractivity contribution is 7.91. The summed E-state index contributed by atoms with van der Waals surface area (Å²) < 4.78 is 27.0. The van der Waals surface area contributed by atoms with Crippen LogP contribution in [0.4, 0.5) is 0 Å². The molecular weight excluding hydrogens is 280 g/mol. The lowest BCUT2D eigenvalue weighted by molar-refractivity contribution is 0.562. The van der Waals surface area contributed by atoms with E-state index in [2.05, 4.69) is 4.72 Å². The van der Waals surface area contributed by atoms with Crippen LogP contribution in [0.3, 0.4) is 0 Å². The van der Waals surface area contributed by atoms with Gasteiger partial charge in [-0.2, -0.15) is 9.98 Å². The van der Waals surface area contributed by atoms with E-state index in [0.717, 1.165) is 29.7 Å². The first-order chi connectivity index (χ1) is 7.94. The maximum atomic E-state index is 12.0. The molecule has 2 rings (SSSR count). The van der Waals surface area contributed by atoms with Crippen molar-refractivity contribution in [1.29, 1.82) is 5.26 Å². The molecule has 1 N–H and O–H groups in total. The van der Waals surface area contributed by atoms with Crippen molar-refractivity contribution >= 4 is 33.0 Å². The number of rotatable bonds is 4. The minimum atomic E-state index is -3.62. The van der Waals surface area contributed by atoms with Crippen molar-refractivity contribution < 1.29 is 8.42 Å². The number of nitrogens with one attached hydrogen (secondary N) is 1. The lowest BCUT2D eigenvalue weighted by atomic mass is 10.2. The van der Waals surface area contributed by atoms with Gasteiger partial charge in [-0.25, -0.2) is 8.42 Å². The van der Waals surface area contributed by atoms with Crippen molar-refractivity contribution in [3.05, 3.63) is 16.0 Å². The molecule has 0 saturated heterocycles. The normalized spacial score (nSPS) is 17.7. The molecule has 1 saturated carbocycles. The van der Waals surface area contributed by atoms with Gasteiger partial charge in [0.25, 0.3) is 10.0 Å². The van der Waals surface area contributed by atoms with Gasteiger partial charge in [-0.1, -0.05) is 11.6 Å². The average molecular weight is 291 g/mol. The van der Waals surface area contributed by atoms with Crippen LogP contribution in [0, 0.1) is 24.2 Å². The Labute approximate surface area is 109 Å². The summed E-state index contributed by atoms with van der Waals surface area (Å²) in [5, 5.41) is 8.91. The summed E-state index contributed by atoms with van der Waals surface area (Å²) in [6.07, 6.45) is 1.82. The number of thiophene rings is 1. The molecule has 1 heterocycles. The molecule has 0 aliphatic heterocycles. The molecule has 0 aromatic carbocycles. The zero-order valence-corrected chi connectivity index (χ0v) is 11.5. The largest absolute Gasteiger partial charge is 0.251 e. The monoisotopic (exact) mass is 290 g/mol. The van der Waals surface area contributed by atoms with Crippen LogP contribution in [0.5, 0.6) is 0 Å². The van der Waals surface area contributed by atoms with Crippen molar-refractivity contribution in [2.75, 3.05) is 0 Å². The molecule has 1 aliphatic rings. The highest BCUT2D eigenvalue weighted by atomic mass is 35.5. The third kappa shape index (κ3) is 2.80. The first-order valence-electron chi connectivity index (χ1n) is 5.12. The predicted molar refractivity (Wildman–Crippen MR) is 66.5 cm³/mol. The summed E-state index contributed by atoms with van der Waals surface area (Å²) in [7, 11) is -3.62. The third-order valence-electron chi connectivity index (χ3n) is 2.61. The Morgan fingerprint density at radius 1 is 1.65 bits per heavy atom. The van der Waals surface area contributed by atoms with E-state index in [1.807, 2.05) is 6.07 Å². The van der Waals surface area contributed by atoms with E-state index in [4.69, 9.17) is 16.9 Å². The van der Waals surface area contributed by atoms with E-state index in [0.29, 0.717) is 4.34 Å². The van der Waals surface area contributed by atoms with Gasteiger partial charge in [0.05, 0.1) is 10.4 Å². The minimum Gasteiger partial charge on any atom is -0.206 e. The van der Waals surface area contributed by atoms with Gasteiger partial charge in [0, 0.05) is 0 Å². The van der Waals surface area contributed by atoms with E-state index in [1.165, 1.54) is 6.07 Å². The van der Waals surface area contributed by atoms with Crippen molar-refractivity contribution in [3.63, 3.8) is 0 Å². The fourth-order valence-corrected chi connectivity index (χ4v) is 4.38. The Hall–Kier alpha value is -0.610. The fourth-order valence-electron chi connectivity index (χ4n) is 1.45. The summed E-state index contributed by atoms with van der Waals surface area (Å²) >= 11 is 6.85. The van der Waals surface area contributed by atoms with Crippen LogP contribution in [0.2, 0.25) is 4.34 Å². The lowest BCUT2D eigenvalue weighted by Crippen LogP contribution is -2.34. The van der Waals surface area contributed by atoms with E-state index in [1.54, 1.807) is 6.92 Å². The molecule has 92 valence electrons. The van der Waals surface area contributed by atoms with Crippen molar-refractivity contribution in [2.45, 2.75) is 30.0 Å². The van der Waals surface area contributed by atoms with E-state index in [-0.39, 0.29) is 10.1 Å². The van der Waals surface area contributed by atoms with Gasteiger partial charge in [0.1, 0.15) is 10.3 Å². The van der Waals surface area contributed by atoms with Crippen molar-refractivity contribution in [3.8, 4) is 6.07 Å². The van der Waals surface area contributed by atoms with E-state index >= 15 is 0 Å². The summed E-state index contributed by atoms with van der Waals surface area (Å²) in [5.74, 6) is 0.159. The van der Waals surface area contributed by atoms with Crippen LogP contribution in [0.25, 0.3) is 0 Å². The van der Waals surface area contributed by atoms with Gasteiger partial charge in [0.15, 0.2) is 0 Å². The molecule has 0 amide bonds. The summed E-state index contributed by atoms with van der Waals surface area (Å²) in [5.41, 5.74) is 0.733. The molecule has 1 fully saturated rings. The smallest absolute Gasteiger partial charge is 0.206 e. The number of hydrogen-bond acceptors (Lipinski definition) is 4. The second-order valence-corrected chi connectivity index (χ2v) is 7.68. The van der Waals surface area contributed by atoms with Crippen LogP contribution in [-0.4, -0.2) is 14.5 Å². The maximum Gasteiger partial charge on any atom is 0.251 e. The molecule has 1 aromatic heterocycles. The highest BCUT2D eigenvalue weighted by Gasteiger charge is 2.35. The van der Waals surface area contributed by atoms with Crippen LogP contribution in [0.15, 0.2) is 10.3 Å². The van der Waals surface area contributed by atoms with Crippen LogP contribution in [0.1, 0.15) is 18.4 Å². The zero-order valence-electron chi connectivity index (χ0n) is 9.10. The molecule has 1 aromatic rings. The van der Waals surface area contributed by atoms with Gasteiger partial charge >= 0.3 is 0 Å². The molecular formula is C10H11ClN2O2S2. The Morgan fingerprint density at radius 3 is 2.71 bits per heavy atom. The molecule has 4 nitrogen and oxygen atoms in total. The van der Waals surface area contributed by atoms with Crippen LogP contribution < -0.4 is 4.72 Å². The Kier molecular flexibility index (Phi) is 3.46. The van der Waals surface area contributed by atoms with Gasteiger partial charge in [-0.15, -0.1) is 11.3 Å². The first-order valence-corrected chi connectivity index (χ1v) is 7.79. The van der Waals surface area contributed by atoms with Crippen LogP contribution >= 0.6 is 22.9 Å². The molecule has 0 radical (unpaired) electrons. The second-order valence-electron chi connectivity index (χ2n) is 4.09. The van der Waals surface area contributed by atoms with Crippen molar-refractivity contribution in [2.24, 2.45) is 5.92 Å². The van der Waals surface area contributed by atoms with E-state index in [9.17, 15) is 8.42 Å². The van der Waals surface area contributed by atoms with Gasteiger partial charge < -0.3 is 0 Å². The zero-order chi connectivity index (χ0) is 12.6. The van der Waals surface area contributed by atoms with Gasteiger partial charge in [-0.05, 0) is 37.3 Å². The maximum absolute atomic E-state index is 12.0. The second kappa shape index (κ2) is 4.58. The fraction of sp³-hybridized carbons (Fsp3) is 0.500. The van der Waals surface area contributed by atoms with Crippen LogP contribution in [-0.2, 0) is 10.0 Å². The van der Waals surface area contributed by atoms with Gasteiger partial charge in [0.2, 0.25) is 0 Å². The number of sulfonamides is 1. The Morgan fingerprint density at radius 2 is 2.29 bits per heavy atom. The Bertz CT molecular complexity index is 550.